The molecule has 0 bridgehead atoms. The molecule has 3 rings (SSSR count). The molecule has 0 amide bonds. The average molecular weight is 300 g/mol. The van der Waals surface area contributed by atoms with E-state index in [1.54, 1.807) is 11.6 Å². The normalized spacial score (nSPS) is 10.7. The molecule has 3 aromatic rings. The van der Waals surface area contributed by atoms with Gasteiger partial charge in [0.2, 0.25) is 5.88 Å². The summed E-state index contributed by atoms with van der Waals surface area (Å²) in [6.07, 6.45) is 1.60. The fourth-order valence-corrected chi connectivity index (χ4v) is 2.91. The van der Waals surface area contributed by atoms with E-state index in [1.165, 1.54) is 22.8 Å². The molecule has 0 saturated heterocycles. The van der Waals surface area contributed by atoms with E-state index in [2.05, 4.69) is 4.98 Å². The van der Waals surface area contributed by atoms with E-state index >= 15 is 0 Å². The molecule has 0 fully saturated rings. The topological polar surface area (TPSA) is 75.3 Å². The van der Waals surface area contributed by atoms with Gasteiger partial charge in [0.15, 0.2) is 16.7 Å². The van der Waals surface area contributed by atoms with E-state index in [-0.39, 0.29) is 17.2 Å². The van der Waals surface area contributed by atoms with E-state index in [0.717, 1.165) is 0 Å². The molecular weight excluding hydrogens is 288 g/mol. The molecule has 2 N–H and O–H groups in total. The average Bonchev–Trinajstić information content (AvgIpc) is 3.07. The molecule has 5 nitrogen and oxygen atoms in total. The summed E-state index contributed by atoms with van der Waals surface area (Å²) in [7, 11) is 0. The fourth-order valence-electron chi connectivity index (χ4n) is 2.26. The molecule has 106 valence electrons. The van der Waals surface area contributed by atoms with Crippen LogP contribution in [0.25, 0.3) is 16.4 Å². The van der Waals surface area contributed by atoms with Gasteiger partial charge >= 0.3 is 0 Å². The van der Waals surface area contributed by atoms with Crippen LogP contribution in [-0.2, 0) is 0 Å². The van der Waals surface area contributed by atoms with Crippen LogP contribution in [0.1, 0.15) is 17.3 Å². The van der Waals surface area contributed by atoms with Gasteiger partial charge < -0.3 is 10.2 Å². The van der Waals surface area contributed by atoms with Crippen LogP contribution in [0.4, 0.5) is 0 Å². The Kier molecular flexibility index (Phi) is 3.23. The predicted octanol–water partition coefficient (Wildman–Crippen LogP) is 3.21. The van der Waals surface area contributed by atoms with Gasteiger partial charge in [-0.25, -0.2) is 4.98 Å². The molecule has 0 aliphatic heterocycles. The molecule has 21 heavy (non-hydrogen) atoms. The van der Waals surface area contributed by atoms with E-state index in [1.807, 2.05) is 30.3 Å². The first-order valence-electron chi connectivity index (χ1n) is 6.24. The van der Waals surface area contributed by atoms with E-state index in [4.69, 9.17) is 0 Å². The van der Waals surface area contributed by atoms with Crippen molar-refractivity contribution >= 4 is 17.1 Å². The lowest BCUT2D eigenvalue weighted by molar-refractivity contribution is 0.101. The molecule has 6 heteroatoms. The van der Waals surface area contributed by atoms with E-state index in [9.17, 15) is 15.0 Å². The summed E-state index contributed by atoms with van der Waals surface area (Å²) in [6, 6.07) is 9.13. The van der Waals surface area contributed by atoms with Crippen LogP contribution in [0.2, 0.25) is 0 Å². The second-order valence-electron chi connectivity index (χ2n) is 4.47. The molecule has 0 atom stereocenters. The van der Waals surface area contributed by atoms with Crippen LogP contribution in [-0.4, -0.2) is 25.5 Å². The highest BCUT2D eigenvalue weighted by Crippen LogP contribution is 2.43. The number of ketones is 1. The van der Waals surface area contributed by atoms with Gasteiger partial charge in [0.25, 0.3) is 0 Å². The van der Waals surface area contributed by atoms with Gasteiger partial charge in [0.1, 0.15) is 0 Å². The number of carbonyl (C=O) groups is 1. The smallest absolute Gasteiger partial charge is 0.242 e. The van der Waals surface area contributed by atoms with Gasteiger partial charge in [-0.2, -0.15) is 0 Å². The number of rotatable bonds is 3. The number of hydrogen-bond donors (Lipinski definition) is 2. The molecule has 0 aliphatic rings. The first kappa shape index (κ1) is 13.4. The number of hydrogen-bond acceptors (Lipinski definition) is 5. The summed E-state index contributed by atoms with van der Waals surface area (Å²) in [5.74, 6) is -1.12. The third-order valence-corrected chi connectivity index (χ3v) is 3.89. The van der Waals surface area contributed by atoms with Crippen molar-refractivity contribution in [1.82, 2.24) is 9.55 Å². The lowest BCUT2D eigenvalue weighted by Gasteiger charge is -2.08. The van der Waals surface area contributed by atoms with Crippen molar-refractivity contribution in [3.63, 3.8) is 0 Å². The zero-order valence-electron chi connectivity index (χ0n) is 11.1. The lowest BCUT2D eigenvalue weighted by Crippen LogP contribution is -2.00. The standard InChI is InChI=1S/C15H12N2O3S/c1-9(18)11-12(10-5-3-2-4-6-10)17(14(20)13(11)19)15-16-7-8-21-15/h2-8,19-20H,1H3. The Labute approximate surface area is 124 Å². The maximum Gasteiger partial charge on any atom is 0.242 e. The van der Waals surface area contributed by atoms with Crippen molar-refractivity contribution < 1.29 is 15.0 Å². The van der Waals surface area contributed by atoms with Crippen molar-refractivity contribution in [2.75, 3.05) is 0 Å². The Morgan fingerprint density at radius 2 is 1.95 bits per heavy atom. The number of benzene rings is 1. The van der Waals surface area contributed by atoms with Crippen molar-refractivity contribution in [3.05, 3.63) is 47.5 Å². The first-order valence-corrected chi connectivity index (χ1v) is 7.12. The predicted molar refractivity (Wildman–Crippen MR) is 80.2 cm³/mol. The van der Waals surface area contributed by atoms with Crippen LogP contribution in [0.15, 0.2) is 41.9 Å². The van der Waals surface area contributed by atoms with Gasteiger partial charge in [0, 0.05) is 11.6 Å². The van der Waals surface area contributed by atoms with Crippen molar-refractivity contribution in [2.24, 2.45) is 0 Å². The maximum atomic E-state index is 11.9. The number of aromatic nitrogens is 2. The van der Waals surface area contributed by atoms with E-state index < -0.39 is 5.75 Å². The molecule has 2 aromatic heterocycles. The summed E-state index contributed by atoms with van der Waals surface area (Å²) in [5, 5.41) is 22.6. The minimum Gasteiger partial charge on any atom is -0.503 e. The monoisotopic (exact) mass is 300 g/mol. The highest BCUT2D eigenvalue weighted by molar-refractivity contribution is 7.12. The third kappa shape index (κ3) is 2.09. The Morgan fingerprint density at radius 1 is 1.24 bits per heavy atom. The molecule has 0 aliphatic carbocycles. The zero-order chi connectivity index (χ0) is 15.0. The van der Waals surface area contributed by atoms with Gasteiger partial charge in [-0.3, -0.25) is 9.36 Å². The fraction of sp³-hybridized carbons (Fsp3) is 0.0667. The third-order valence-electron chi connectivity index (χ3n) is 3.13. The van der Waals surface area contributed by atoms with Gasteiger partial charge in [-0.05, 0) is 12.5 Å². The summed E-state index contributed by atoms with van der Waals surface area (Å²) >= 11 is 1.30. The SMILES string of the molecule is CC(=O)c1c(O)c(O)n(-c2nccs2)c1-c1ccccc1. The maximum absolute atomic E-state index is 11.9. The summed E-state index contributed by atoms with van der Waals surface area (Å²) in [4.78, 5) is 16.0. The molecule has 0 spiro atoms. The van der Waals surface area contributed by atoms with E-state index in [0.29, 0.717) is 16.4 Å². The molecule has 0 unspecified atom stereocenters. The number of nitrogens with zero attached hydrogens (tertiary/aromatic N) is 2. The Bertz CT molecular complexity index is 792. The Hall–Kier alpha value is -2.60. The molecule has 1 aromatic carbocycles. The van der Waals surface area contributed by atoms with Gasteiger partial charge in [0.05, 0.1) is 11.3 Å². The van der Waals surface area contributed by atoms with Crippen LogP contribution >= 0.6 is 11.3 Å². The van der Waals surface area contributed by atoms with Gasteiger partial charge in [-0.15, -0.1) is 11.3 Å². The van der Waals surface area contributed by atoms with Crippen LogP contribution in [0.5, 0.6) is 11.6 Å². The second-order valence-corrected chi connectivity index (χ2v) is 5.34. The number of Topliss-reactive ketones (excluding diaryl/α,β-unsaturated/α-hetero) is 1. The minimum absolute atomic E-state index is 0.0916. The molecule has 0 radical (unpaired) electrons. The van der Waals surface area contributed by atoms with Crippen LogP contribution in [0.3, 0.4) is 0 Å². The van der Waals surface area contributed by atoms with Crippen molar-refractivity contribution in [2.45, 2.75) is 6.92 Å². The molecule has 0 saturated carbocycles. The molecular formula is C15H12N2O3S. The Balaban J connectivity index is 2.40. The second kappa shape index (κ2) is 5.06. The summed E-state index contributed by atoms with van der Waals surface area (Å²) in [5.41, 5.74) is 1.25. The number of carbonyl (C=O) groups excluding carboxylic acids is 1. The molecule has 2 heterocycles. The highest BCUT2D eigenvalue weighted by atomic mass is 32.1. The minimum atomic E-state index is -0.420. The van der Waals surface area contributed by atoms with Crippen molar-refractivity contribution in [3.8, 4) is 28.0 Å². The summed E-state index contributed by atoms with van der Waals surface area (Å²) < 4.78 is 1.39. The first-order chi connectivity index (χ1) is 10.1. The number of aromatic hydroxyl groups is 2. The number of thiazole rings is 1. The largest absolute Gasteiger partial charge is 0.503 e. The Morgan fingerprint density at radius 3 is 2.52 bits per heavy atom. The highest BCUT2D eigenvalue weighted by Gasteiger charge is 2.27. The summed E-state index contributed by atoms with van der Waals surface area (Å²) in [6.45, 7) is 1.35. The lowest BCUT2D eigenvalue weighted by atomic mass is 10.1. The quantitative estimate of drug-likeness (QED) is 0.728. The van der Waals surface area contributed by atoms with Crippen molar-refractivity contribution in [1.29, 1.82) is 0 Å². The van der Waals surface area contributed by atoms with Gasteiger partial charge in [-0.1, -0.05) is 30.3 Å². The van der Waals surface area contributed by atoms with Crippen LogP contribution in [0, 0.1) is 0 Å². The van der Waals surface area contributed by atoms with Crippen LogP contribution < -0.4 is 0 Å². The zero-order valence-corrected chi connectivity index (χ0v) is 12.0.